The first-order valence-electron chi connectivity index (χ1n) is 6.18. The van der Waals surface area contributed by atoms with Gasteiger partial charge < -0.3 is 10.2 Å². The summed E-state index contributed by atoms with van der Waals surface area (Å²) in [6.07, 6.45) is 6.74. The van der Waals surface area contributed by atoms with Gasteiger partial charge in [-0.05, 0) is 45.2 Å². The lowest BCUT2D eigenvalue weighted by molar-refractivity contribution is 0.133. The van der Waals surface area contributed by atoms with Gasteiger partial charge in [0.15, 0.2) is 0 Å². The zero-order chi connectivity index (χ0) is 12.3. The summed E-state index contributed by atoms with van der Waals surface area (Å²) in [6.45, 7) is 4.22. The SMILES string of the molecule is CC1CCCC(C)N1C(=O)Nc1cccnc1. The topological polar surface area (TPSA) is 45.2 Å². The molecule has 2 unspecified atom stereocenters. The molecule has 1 N–H and O–H groups in total. The highest BCUT2D eigenvalue weighted by atomic mass is 16.2. The Morgan fingerprint density at radius 3 is 2.71 bits per heavy atom. The van der Waals surface area contributed by atoms with E-state index in [1.807, 2.05) is 17.0 Å². The third-order valence-corrected chi connectivity index (χ3v) is 3.34. The molecule has 0 bridgehead atoms. The van der Waals surface area contributed by atoms with Crippen LogP contribution in [0, 0.1) is 0 Å². The summed E-state index contributed by atoms with van der Waals surface area (Å²) in [4.78, 5) is 18.1. The second-order valence-electron chi connectivity index (χ2n) is 4.71. The highest BCUT2D eigenvalue weighted by Crippen LogP contribution is 2.23. The fraction of sp³-hybridized carbons (Fsp3) is 0.538. The van der Waals surface area contributed by atoms with Crippen LogP contribution in [0.5, 0.6) is 0 Å². The van der Waals surface area contributed by atoms with Gasteiger partial charge in [-0.2, -0.15) is 0 Å². The first-order chi connectivity index (χ1) is 8.18. The molecule has 1 aromatic heterocycles. The molecule has 17 heavy (non-hydrogen) atoms. The number of urea groups is 1. The Hall–Kier alpha value is -1.58. The van der Waals surface area contributed by atoms with Gasteiger partial charge in [0.2, 0.25) is 0 Å². The molecule has 0 radical (unpaired) electrons. The van der Waals surface area contributed by atoms with Crippen LogP contribution in [0.3, 0.4) is 0 Å². The van der Waals surface area contributed by atoms with E-state index in [0.717, 1.165) is 18.5 Å². The number of anilines is 1. The van der Waals surface area contributed by atoms with Crippen LogP contribution in [0.1, 0.15) is 33.1 Å². The van der Waals surface area contributed by atoms with Crippen molar-refractivity contribution in [3.63, 3.8) is 0 Å². The zero-order valence-corrected chi connectivity index (χ0v) is 10.4. The number of likely N-dealkylation sites (tertiary alicyclic amines) is 1. The highest BCUT2D eigenvalue weighted by molar-refractivity contribution is 5.89. The number of nitrogens with zero attached hydrogens (tertiary/aromatic N) is 2. The van der Waals surface area contributed by atoms with Crippen molar-refractivity contribution in [1.82, 2.24) is 9.88 Å². The van der Waals surface area contributed by atoms with Crippen LogP contribution in [0.4, 0.5) is 10.5 Å². The van der Waals surface area contributed by atoms with Gasteiger partial charge in [0.1, 0.15) is 0 Å². The molecule has 1 aliphatic heterocycles. The van der Waals surface area contributed by atoms with Crippen molar-refractivity contribution < 1.29 is 4.79 Å². The van der Waals surface area contributed by atoms with Crippen LogP contribution in [0.25, 0.3) is 0 Å². The Kier molecular flexibility index (Phi) is 3.61. The van der Waals surface area contributed by atoms with E-state index in [0.29, 0.717) is 12.1 Å². The minimum absolute atomic E-state index is 0.0160. The van der Waals surface area contributed by atoms with Gasteiger partial charge in [-0.15, -0.1) is 0 Å². The van der Waals surface area contributed by atoms with E-state index in [9.17, 15) is 4.79 Å². The molecule has 4 nitrogen and oxygen atoms in total. The number of nitrogens with one attached hydrogen (secondary N) is 1. The first-order valence-corrected chi connectivity index (χ1v) is 6.18. The summed E-state index contributed by atoms with van der Waals surface area (Å²) in [6, 6.07) is 4.28. The summed E-state index contributed by atoms with van der Waals surface area (Å²) < 4.78 is 0. The molecule has 2 amide bonds. The van der Waals surface area contributed by atoms with E-state index in [-0.39, 0.29) is 6.03 Å². The second kappa shape index (κ2) is 5.17. The lowest BCUT2D eigenvalue weighted by Crippen LogP contribution is -2.49. The lowest BCUT2D eigenvalue weighted by atomic mass is 9.98. The van der Waals surface area contributed by atoms with Gasteiger partial charge in [-0.25, -0.2) is 4.79 Å². The molecule has 1 aromatic rings. The number of carbonyl (C=O) groups excluding carboxylic acids is 1. The Balaban J connectivity index is 2.04. The number of pyridine rings is 1. The summed E-state index contributed by atoms with van der Waals surface area (Å²) in [5, 5.41) is 2.90. The van der Waals surface area contributed by atoms with E-state index >= 15 is 0 Å². The molecule has 0 spiro atoms. The molecule has 0 aromatic carbocycles. The number of hydrogen-bond donors (Lipinski definition) is 1. The Morgan fingerprint density at radius 2 is 2.12 bits per heavy atom. The predicted molar refractivity (Wildman–Crippen MR) is 67.9 cm³/mol. The van der Waals surface area contributed by atoms with Gasteiger partial charge in [0.25, 0.3) is 0 Å². The largest absolute Gasteiger partial charge is 0.322 e. The zero-order valence-electron chi connectivity index (χ0n) is 10.4. The molecule has 2 atom stereocenters. The molecular formula is C13H19N3O. The molecule has 4 heteroatoms. The smallest absolute Gasteiger partial charge is 0.319 e. The van der Waals surface area contributed by atoms with Crippen molar-refractivity contribution in [3.8, 4) is 0 Å². The Bertz CT molecular complexity index is 370. The third kappa shape index (κ3) is 2.75. The quantitative estimate of drug-likeness (QED) is 0.810. The predicted octanol–water partition coefficient (Wildman–Crippen LogP) is 2.88. The van der Waals surface area contributed by atoms with Crippen molar-refractivity contribution in [1.29, 1.82) is 0 Å². The number of carbonyl (C=O) groups is 1. The number of amides is 2. The maximum absolute atomic E-state index is 12.2. The van der Waals surface area contributed by atoms with Gasteiger partial charge in [-0.1, -0.05) is 0 Å². The average molecular weight is 233 g/mol. The van der Waals surface area contributed by atoms with Gasteiger partial charge in [0.05, 0.1) is 11.9 Å². The molecule has 1 saturated heterocycles. The van der Waals surface area contributed by atoms with Crippen LogP contribution < -0.4 is 5.32 Å². The minimum atomic E-state index is -0.0160. The average Bonchev–Trinajstić information content (AvgIpc) is 2.30. The highest BCUT2D eigenvalue weighted by Gasteiger charge is 2.28. The minimum Gasteiger partial charge on any atom is -0.319 e. The van der Waals surface area contributed by atoms with E-state index in [1.165, 1.54) is 6.42 Å². The Labute approximate surface area is 102 Å². The van der Waals surface area contributed by atoms with Crippen molar-refractivity contribution in [2.24, 2.45) is 0 Å². The fourth-order valence-corrected chi connectivity index (χ4v) is 2.45. The van der Waals surface area contributed by atoms with Crippen LogP contribution in [-0.2, 0) is 0 Å². The summed E-state index contributed by atoms with van der Waals surface area (Å²) in [7, 11) is 0. The normalized spacial score (nSPS) is 24.5. The van der Waals surface area contributed by atoms with Crippen molar-refractivity contribution in [2.45, 2.75) is 45.2 Å². The van der Waals surface area contributed by atoms with E-state index < -0.39 is 0 Å². The van der Waals surface area contributed by atoms with Crippen molar-refractivity contribution in [3.05, 3.63) is 24.5 Å². The van der Waals surface area contributed by atoms with Crippen LogP contribution in [-0.4, -0.2) is 28.0 Å². The number of piperidine rings is 1. The third-order valence-electron chi connectivity index (χ3n) is 3.34. The van der Waals surface area contributed by atoms with Crippen LogP contribution >= 0.6 is 0 Å². The molecular weight excluding hydrogens is 214 g/mol. The number of hydrogen-bond acceptors (Lipinski definition) is 2. The van der Waals surface area contributed by atoms with E-state index in [4.69, 9.17) is 0 Å². The number of rotatable bonds is 1. The molecule has 92 valence electrons. The number of aromatic nitrogens is 1. The Morgan fingerprint density at radius 1 is 1.41 bits per heavy atom. The van der Waals surface area contributed by atoms with E-state index in [2.05, 4.69) is 24.1 Å². The maximum atomic E-state index is 12.2. The van der Waals surface area contributed by atoms with Crippen LogP contribution in [0.15, 0.2) is 24.5 Å². The molecule has 0 aliphatic carbocycles. The second-order valence-corrected chi connectivity index (χ2v) is 4.71. The van der Waals surface area contributed by atoms with Gasteiger partial charge in [-0.3, -0.25) is 4.98 Å². The molecule has 2 rings (SSSR count). The summed E-state index contributed by atoms with van der Waals surface area (Å²) in [5.41, 5.74) is 0.752. The van der Waals surface area contributed by atoms with Crippen molar-refractivity contribution in [2.75, 3.05) is 5.32 Å². The fourth-order valence-electron chi connectivity index (χ4n) is 2.45. The monoisotopic (exact) mass is 233 g/mol. The molecule has 1 fully saturated rings. The summed E-state index contributed by atoms with van der Waals surface area (Å²) >= 11 is 0. The van der Waals surface area contributed by atoms with Gasteiger partial charge >= 0.3 is 6.03 Å². The van der Waals surface area contributed by atoms with E-state index in [1.54, 1.807) is 12.4 Å². The van der Waals surface area contributed by atoms with Crippen LogP contribution in [0.2, 0.25) is 0 Å². The summed E-state index contributed by atoms with van der Waals surface area (Å²) in [5.74, 6) is 0. The first kappa shape index (κ1) is 11.9. The molecule has 0 saturated carbocycles. The molecule has 2 heterocycles. The van der Waals surface area contributed by atoms with Gasteiger partial charge in [0, 0.05) is 18.3 Å². The molecule has 1 aliphatic rings. The standard InChI is InChI=1S/C13H19N3O/c1-10-5-3-6-11(2)16(10)13(17)15-12-7-4-8-14-9-12/h4,7-11H,3,5-6H2,1-2H3,(H,15,17). The van der Waals surface area contributed by atoms with Crippen molar-refractivity contribution >= 4 is 11.7 Å². The maximum Gasteiger partial charge on any atom is 0.322 e. The lowest BCUT2D eigenvalue weighted by Gasteiger charge is -2.38.